The largest absolute Gasteiger partial charge is 0.450 e. The van der Waals surface area contributed by atoms with Crippen LogP contribution in [0.5, 0.6) is 0 Å². The molecule has 2 saturated carbocycles. The zero-order valence-electron chi connectivity index (χ0n) is 21.9. The van der Waals surface area contributed by atoms with Crippen LogP contribution in [-0.4, -0.2) is 60.4 Å². The lowest BCUT2D eigenvalue weighted by atomic mass is 9.75. The van der Waals surface area contributed by atoms with Crippen LogP contribution in [0, 0.1) is 11.8 Å². The minimum absolute atomic E-state index is 0.123. The van der Waals surface area contributed by atoms with Crippen LogP contribution < -0.4 is 0 Å². The van der Waals surface area contributed by atoms with Gasteiger partial charge in [-0.1, -0.05) is 26.7 Å². The molecule has 0 spiro atoms. The molecule has 2 aliphatic rings. The van der Waals surface area contributed by atoms with Crippen molar-refractivity contribution in [1.29, 1.82) is 0 Å². The van der Waals surface area contributed by atoms with Crippen molar-refractivity contribution < 1.29 is 19.1 Å². The number of ether oxygens (including phenoxy) is 2. The second-order valence-corrected chi connectivity index (χ2v) is 10.1. The summed E-state index contributed by atoms with van der Waals surface area (Å²) < 4.78 is 10.7. The van der Waals surface area contributed by atoms with Crippen LogP contribution in [0.15, 0.2) is 0 Å². The Morgan fingerprint density at radius 2 is 1.00 bits per heavy atom. The molecule has 0 aromatic heterocycles. The van der Waals surface area contributed by atoms with E-state index in [2.05, 4.69) is 13.8 Å². The fraction of sp³-hybridized carbons (Fsp3) is 0.926. The number of amides is 2. The lowest BCUT2D eigenvalue weighted by molar-refractivity contribution is 0.0665. The van der Waals surface area contributed by atoms with Crippen LogP contribution in [0.1, 0.15) is 111 Å². The van der Waals surface area contributed by atoms with E-state index in [1.807, 2.05) is 23.6 Å². The molecule has 2 amide bonds. The first-order valence-electron chi connectivity index (χ1n) is 13.9. The highest BCUT2D eigenvalue weighted by molar-refractivity contribution is 5.68. The molecule has 2 fully saturated rings. The number of unbranched alkanes of at least 4 members (excludes halogenated alkanes) is 2. The van der Waals surface area contributed by atoms with Gasteiger partial charge >= 0.3 is 12.2 Å². The van der Waals surface area contributed by atoms with E-state index in [1.54, 1.807) is 0 Å². The molecule has 33 heavy (non-hydrogen) atoms. The summed E-state index contributed by atoms with van der Waals surface area (Å²) in [7, 11) is 0. The minimum Gasteiger partial charge on any atom is -0.450 e. The quantitative estimate of drug-likeness (QED) is 0.310. The third-order valence-corrected chi connectivity index (χ3v) is 7.69. The number of carbonyl (C=O) groups excluding carboxylic acids is 2. The van der Waals surface area contributed by atoms with Crippen molar-refractivity contribution in [2.45, 2.75) is 123 Å². The number of hydrogen-bond acceptors (Lipinski definition) is 4. The number of carbonyl (C=O) groups is 2. The fourth-order valence-electron chi connectivity index (χ4n) is 5.77. The van der Waals surface area contributed by atoms with E-state index in [-0.39, 0.29) is 12.2 Å². The van der Waals surface area contributed by atoms with Crippen LogP contribution in [-0.2, 0) is 9.47 Å². The number of nitrogens with zero attached hydrogens (tertiary/aromatic N) is 2. The molecule has 2 aliphatic carbocycles. The molecule has 6 heteroatoms. The molecule has 0 saturated heterocycles. The second kappa shape index (κ2) is 15.4. The smallest absolute Gasteiger partial charge is 0.409 e. The maximum Gasteiger partial charge on any atom is 0.409 e. The van der Waals surface area contributed by atoms with E-state index in [0.29, 0.717) is 25.3 Å². The summed E-state index contributed by atoms with van der Waals surface area (Å²) in [5.74, 6) is 1.55. The van der Waals surface area contributed by atoms with Crippen molar-refractivity contribution in [3.63, 3.8) is 0 Å². The lowest BCUT2D eigenvalue weighted by Gasteiger charge is -2.39. The summed E-state index contributed by atoms with van der Waals surface area (Å²) in [6.07, 6.45) is 14.7. The Hall–Kier alpha value is -1.46. The van der Waals surface area contributed by atoms with Gasteiger partial charge in [0.25, 0.3) is 0 Å². The molecule has 0 aromatic rings. The van der Waals surface area contributed by atoms with Gasteiger partial charge in [-0.3, -0.25) is 0 Å². The first-order chi connectivity index (χ1) is 16.0. The third kappa shape index (κ3) is 9.01. The molecule has 192 valence electrons. The molecule has 0 N–H and O–H groups in total. The van der Waals surface area contributed by atoms with E-state index in [9.17, 15) is 9.59 Å². The van der Waals surface area contributed by atoms with Gasteiger partial charge in [-0.25, -0.2) is 9.59 Å². The van der Waals surface area contributed by atoms with Crippen LogP contribution in [0.2, 0.25) is 0 Å². The predicted molar refractivity (Wildman–Crippen MR) is 133 cm³/mol. The molecule has 6 nitrogen and oxygen atoms in total. The Morgan fingerprint density at radius 3 is 1.30 bits per heavy atom. The summed E-state index contributed by atoms with van der Waals surface area (Å²) >= 11 is 0. The highest BCUT2D eigenvalue weighted by atomic mass is 16.6. The summed E-state index contributed by atoms with van der Waals surface area (Å²) in [6, 6.07) is 0.693. The zero-order valence-corrected chi connectivity index (χ0v) is 21.9. The molecule has 0 aliphatic heterocycles. The van der Waals surface area contributed by atoms with Gasteiger partial charge in [0, 0.05) is 25.2 Å². The van der Waals surface area contributed by atoms with Crippen molar-refractivity contribution in [1.82, 2.24) is 9.80 Å². The number of rotatable bonds is 12. The van der Waals surface area contributed by atoms with Crippen molar-refractivity contribution in [2.24, 2.45) is 11.8 Å². The van der Waals surface area contributed by atoms with E-state index in [4.69, 9.17) is 9.47 Å². The Labute approximate surface area is 202 Å². The Kier molecular flexibility index (Phi) is 13.0. The van der Waals surface area contributed by atoms with Crippen LogP contribution in [0.3, 0.4) is 0 Å². The summed E-state index contributed by atoms with van der Waals surface area (Å²) in [6.45, 7) is 10.7. The lowest BCUT2D eigenvalue weighted by Crippen LogP contribution is -2.44. The maximum absolute atomic E-state index is 12.5. The molecule has 0 bridgehead atoms. The second-order valence-electron chi connectivity index (χ2n) is 10.1. The summed E-state index contributed by atoms with van der Waals surface area (Å²) in [4.78, 5) is 28.9. The molecule has 0 heterocycles. The molecule has 2 rings (SSSR count). The normalized spacial score (nSPS) is 25.3. The average molecular weight is 467 g/mol. The van der Waals surface area contributed by atoms with Crippen molar-refractivity contribution >= 4 is 12.2 Å². The van der Waals surface area contributed by atoms with Crippen LogP contribution in [0.4, 0.5) is 9.59 Å². The van der Waals surface area contributed by atoms with E-state index >= 15 is 0 Å². The highest BCUT2D eigenvalue weighted by Crippen LogP contribution is 2.37. The van der Waals surface area contributed by atoms with Crippen molar-refractivity contribution in [3.05, 3.63) is 0 Å². The maximum atomic E-state index is 12.5. The van der Waals surface area contributed by atoms with E-state index in [0.717, 1.165) is 76.3 Å². The monoisotopic (exact) mass is 466 g/mol. The van der Waals surface area contributed by atoms with Gasteiger partial charge in [0.2, 0.25) is 0 Å². The van der Waals surface area contributed by atoms with Crippen molar-refractivity contribution in [2.75, 3.05) is 26.3 Å². The topological polar surface area (TPSA) is 59.1 Å². The molecular weight excluding hydrogens is 416 g/mol. The summed E-state index contributed by atoms with van der Waals surface area (Å²) in [5.41, 5.74) is 0. The molecule has 0 unspecified atom stereocenters. The van der Waals surface area contributed by atoms with Crippen molar-refractivity contribution in [3.8, 4) is 0 Å². The first kappa shape index (κ1) is 27.8. The Morgan fingerprint density at radius 1 is 0.636 bits per heavy atom. The van der Waals surface area contributed by atoms with E-state index < -0.39 is 0 Å². The van der Waals surface area contributed by atoms with Gasteiger partial charge in [0.1, 0.15) is 0 Å². The van der Waals surface area contributed by atoms with Crippen LogP contribution >= 0.6 is 0 Å². The van der Waals surface area contributed by atoms with Gasteiger partial charge < -0.3 is 19.3 Å². The standard InChI is InChI=1S/C27H50N2O4/c1-5-9-19-28(26(30)32-7-3)24-15-11-22(12-16-24)21-23-13-17-25(18-14-23)29(20-10-6-2)27(31)33-8-4/h22-25H,5-21H2,1-4H3. The average Bonchev–Trinajstić information content (AvgIpc) is 2.82. The molecule has 0 radical (unpaired) electrons. The van der Waals surface area contributed by atoms with E-state index in [1.165, 1.54) is 32.1 Å². The first-order valence-corrected chi connectivity index (χ1v) is 13.9. The predicted octanol–water partition coefficient (Wildman–Crippen LogP) is 7.01. The van der Waals surface area contributed by atoms with Gasteiger partial charge in [0.05, 0.1) is 13.2 Å². The van der Waals surface area contributed by atoms with Crippen LogP contribution in [0.25, 0.3) is 0 Å². The van der Waals surface area contributed by atoms with Gasteiger partial charge in [-0.2, -0.15) is 0 Å². The van der Waals surface area contributed by atoms with Gasteiger partial charge in [0.15, 0.2) is 0 Å². The molecule has 0 aromatic carbocycles. The zero-order chi connectivity index (χ0) is 24.1. The third-order valence-electron chi connectivity index (χ3n) is 7.69. The van der Waals surface area contributed by atoms with Gasteiger partial charge in [-0.05, 0) is 96.3 Å². The molecule has 0 atom stereocenters. The number of hydrogen-bond donors (Lipinski definition) is 0. The fourth-order valence-corrected chi connectivity index (χ4v) is 5.77. The minimum atomic E-state index is -0.123. The molecular formula is C27H50N2O4. The van der Waals surface area contributed by atoms with Gasteiger partial charge in [-0.15, -0.1) is 0 Å². The Balaban J connectivity index is 1.78. The Bertz CT molecular complexity index is 506. The highest BCUT2D eigenvalue weighted by Gasteiger charge is 2.33. The summed E-state index contributed by atoms with van der Waals surface area (Å²) in [5, 5.41) is 0. The SMILES string of the molecule is CCCCN(C(=O)OCC)C1CCC(CC2CCC(N(CCCC)C(=O)OCC)CC2)CC1.